The monoisotopic (exact) mass is 444 g/mol. The summed E-state index contributed by atoms with van der Waals surface area (Å²) in [6, 6.07) is 3.79. The fraction of sp³-hybridized carbons (Fsp3) is 0.636. The van der Waals surface area contributed by atoms with Crippen molar-refractivity contribution in [2.75, 3.05) is 19.5 Å². The smallest absolute Gasteiger partial charge is 0.275 e. The molecule has 10 nitrogen and oxygen atoms in total. The van der Waals surface area contributed by atoms with Crippen LogP contribution in [0.3, 0.4) is 0 Å². The zero-order valence-electron chi connectivity index (χ0n) is 19.3. The quantitative estimate of drug-likeness (QED) is 0.611. The molecule has 2 unspecified atom stereocenters. The van der Waals surface area contributed by atoms with Gasteiger partial charge in [0, 0.05) is 50.9 Å². The summed E-state index contributed by atoms with van der Waals surface area (Å²) >= 11 is 0. The number of rotatable bonds is 9. The minimum Gasteiger partial charge on any atom is -0.378 e. The largest absolute Gasteiger partial charge is 0.378 e. The first-order valence-corrected chi connectivity index (χ1v) is 11.0. The fourth-order valence-electron chi connectivity index (χ4n) is 5.04. The maximum atomic E-state index is 12.8. The van der Waals surface area contributed by atoms with Gasteiger partial charge in [0.15, 0.2) is 5.82 Å². The summed E-state index contributed by atoms with van der Waals surface area (Å²) in [5.41, 5.74) is 2.15. The van der Waals surface area contributed by atoms with Crippen LogP contribution in [0.25, 0.3) is 0 Å². The van der Waals surface area contributed by atoms with Gasteiger partial charge in [0.25, 0.3) is 5.91 Å². The van der Waals surface area contributed by atoms with Crippen LogP contribution in [-0.4, -0.2) is 51.6 Å². The van der Waals surface area contributed by atoms with Crippen molar-refractivity contribution in [3.05, 3.63) is 29.2 Å². The third-order valence-electron chi connectivity index (χ3n) is 6.36. The molecule has 0 aliphatic heterocycles. The van der Waals surface area contributed by atoms with Gasteiger partial charge in [-0.2, -0.15) is 10.2 Å². The number of anilines is 1. The molecule has 2 saturated carbocycles. The molecule has 0 bridgehead atoms. The Hall–Kier alpha value is -2.72. The van der Waals surface area contributed by atoms with E-state index in [4.69, 9.17) is 9.47 Å². The van der Waals surface area contributed by atoms with Gasteiger partial charge in [-0.1, -0.05) is 0 Å². The van der Waals surface area contributed by atoms with E-state index in [1.807, 2.05) is 19.9 Å². The average molecular weight is 445 g/mol. The van der Waals surface area contributed by atoms with Gasteiger partial charge in [-0.3, -0.25) is 14.3 Å². The van der Waals surface area contributed by atoms with Crippen LogP contribution in [0.4, 0.5) is 5.82 Å². The van der Waals surface area contributed by atoms with Crippen LogP contribution in [0.2, 0.25) is 0 Å². The number of hydrogen-bond acceptors (Lipinski definition) is 6. The van der Waals surface area contributed by atoms with Gasteiger partial charge in [-0.05, 0) is 44.6 Å². The van der Waals surface area contributed by atoms with E-state index < -0.39 is 0 Å². The zero-order chi connectivity index (χ0) is 23.0. The van der Waals surface area contributed by atoms with Gasteiger partial charge in [0.1, 0.15) is 12.4 Å². The number of aryl methyl sites for hydroxylation is 1. The van der Waals surface area contributed by atoms with Crippen LogP contribution in [0.15, 0.2) is 12.1 Å². The maximum Gasteiger partial charge on any atom is 0.275 e. The van der Waals surface area contributed by atoms with Crippen LogP contribution < -0.4 is 10.6 Å². The number of nitrogens with one attached hydrogen (secondary N) is 2. The first kappa shape index (κ1) is 22.5. The van der Waals surface area contributed by atoms with Gasteiger partial charge in [0.05, 0.1) is 12.3 Å². The molecule has 32 heavy (non-hydrogen) atoms. The zero-order valence-corrected chi connectivity index (χ0v) is 19.3. The lowest BCUT2D eigenvalue weighted by Gasteiger charge is -2.16. The van der Waals surface area contributed by atoms with E-state index in [2.05, 4.69) is 20.8 Å². The number of ether oxygens (including phenoxy) is 2. The Morgan fingerprint density at radius 2 is 1.88 bits per heavy atom. The van der Waals surface area contributed by atoms with E-state index in [-0.39, 0.29) is 23.8 Å². The Kier molecular flexibility index (Phi) is 6.34. The van der Waals surface area contributed by atoms with Gasteiger partial charge >= 0.3 is 0 Å². The van der Waals surface area contributed by atoms with E-state index in [0.29, 0.717) is 48.3 Å². The number of aromatic nitrogens is 4. The lowest BCUT2D eigenvalue weighted by atomic mass is 9.96. The molecule has 2 amide bonds. The summed E-state index contributed by atoms with van der Waals surface area (Å²) in [4.78, 5) is 25.1. The highest BCUT2D eigenvalue weighted by Gasteiger charge is 2.60. The summed E-state index contributed by atoms with van der Waals surface area (Å²) in [5, 5.41) is 14.7. The average Bonchev–Trinajstić information content (AvgIpc) is 3.06. The Morgan fingerprint density at radius 1 is 1.16 bits per heavy atom. The molecule has 0 saturated heterocycles. The number of carbonyl (C=O) groups is 2. The van der Waals surface area contributed by atoms with Crippen LogP contribution in [0.1, 0.15) is 54.5 Å². The minimum absolute atomic E-state index is 0.137. The molecule has 174 valence electrons. The van der Waals surface area contributed by atoms with E-state index in [1.54, 1.807) is 32.0 Å². The fourth-order valence-corrected chi connectivity index (χ4v) is 5.04. The Bertz CT molecular complexity index is 985. The maximum absolute atomic E-state index is 12.8. The summed E-state index contributed by atoms with van der Waals surface area (Å²) in [6.45, 7) is 4.62. The molecule has 2 N–H and O–H groups in total. The second-order valence-electron chi connectivity index (χ2n) is 9.09. The van der Waals surface area contributed by atoms with Gasteiger partial charge < -0.3 is 20.1 Å². The minimum atomic E-state index is -0.282. The molecule has 0 aromatic carbocycles. The van der Waals surface area contributed by atoms with Crippen LogP contribution in [-0.2, 0) is 34.7 Å². The predicted molar refractivity (Wildman–Crippen MR) is 117 cm³/mol. The lowest BCUT2D eigenvalue weighted by molar-refractivity contribution is -0.123. The van der Waals surface area contributed by atoms with Crippen molar-refractivity contribution in [3.63, 3.8) is 0 Å². The molecule has 10 heteroatoms. The SMILES string of the molecule is COCc1cc(C(=O)Nc2cc(C3C[C@@H]4C(C(=O)NC(C)C)[C@@H]4C3)n(COC)n2)n(C)n1. The first-order chi connectivity index (χ1) is 15.3. The molecule has 2 aromatic heterocycles. The molecule has 4 rings (SSSR count). The van der Waals surface area contributed by atoms with Crippen molar-refractivity contribution in [3.8, 4) is 0 Å². The second kappa shape index (κ2) is 9.03. The standard InChI is InChI=1S/C22H32N6O4/c1-12(2)23-22(30)20-15-6-13(7-16(15)20)17-9-19(26-28(17)11-32-5)24-21(29)18-8-14(10-31-4)25-27(18)3/h8-9,12-13,15-16,20H,6-7,10-11H2,1-5H3,(H,23,30)(H,24,26,29)/t13?,15-,16+,20?. The molecule has 2 aliphatic carbocycles. The van der Waals surface area contributed by atoms with Crippen LogP contribution >= 0.6 is 0 Å². The predicted octanol–water partition coefficient (Wildman–Crippen LogP) is 1.88. The number of nitrogens with zero attached hydrogens (tertiary/aromatic N) is 4. The molecular weight excluding hydrogens is 412 g/mol. The summed E-state index contributed by atoms with van der Waals surface area (Å²) < 4.78 is 13.7. The highest BCUT2D eigenvalue weighted by molar-refractivity contribution is 6.02. The molecule has 0 spiro atoms. The number of hydrogen-bond donors (Lipinski definition) is 2. The van der Waals surface area contributed by atoms with Crippen LogP contribution in [0, 0.1) is 17.8 Å². The van der Waals surface area contributed by atoms with Crippen LogP contribution in [0.5, 0.6) is 0 Å². The Balaban J connectivity index is 1.44. The van der Waals surface area contributed by atoms with Gasteiger partial charge in [0.2, 0.25) is 5.91 Å². The molecule has 2 aliphatic rings. The van der Waals surface area contributed by atoms with Crippen molar-refractivity contribution < 1.29 is 19.1 Å². The topological polar surface area (TPSA) is 112 Å². The highest BCUT2D eigenvalue weighted by Crippen LogP contribution is 2.62. The Morgan fingerprint density at radius 3 is 2.50 bits per heavy atom. The Labute approximate surface area is 187 Å². The second-order valence-corrected chi connectivity index (χ2v) is 9.09. The molecule has 2 fully saturated rings. The summed E-state index contributed by atoms with van der Waals surface area (Å²) in [6.07, 6.45) is 1.90. The molecule has 2 heterocycles. The number of methoxy groups -OCH3 is 2. The lowest BCUT2D eigenvalue weighted by Crippen LogP contribution is -2.32. The summed E-state index contributed by atoms with van der Waals surface area (Å²) in [7, 11) is 4.93. The number of amides is 2. The third-order valence-corrected chi connectivity index (χ3v) is 6.36. The molecular formula is C22H32N6O4. The number of carbonyl (C=O) groups excluding carboxylic acids is 2. The highest BCUT2D eigenvalue weighted by atomic mass is 16.5. The van der Waals surface area contributed by atoms with Crippen molar-refractivity contribution in [1.82, 2.24) is 24.9 Å². The van der Waals surface area contributed by atoms with Crippen molar-refractivity contribution in [1.29, 1.82) is 0 Å². The van der Waals surface area contributed by atoms with Crippen molar-refractivity contribution >= 4 is 17.6 Å². The van der Waals surface area contributed by atoms with E-state index in [0.717, 1.165) is 18.5 Å². The van der Waals surface area contributed by atoms with Gasteiger partial charge in [-0.25, -0.2) is 4.68 Å². The normalized spacial score (nSPS) is 23.9. The van der Waals surface area contributed by atoms with Crippen molar-refractivity contribution in [2.24, 2.45) is 24.8 Å². The van der Waals surface area contributed by atoms with E-state index in [1.165, 1.54) is 4.68 Å². The number of fused-ring (bicyclic) bond motifs is 1. The first-order valence-electron chi connectivity index (χ1n) is 11.0. The van der Waals surface area contributed by atoms with Gasteiger partial charge in [-0.15, -0.1) is 0 Å². The van der Waals surface area contributed by atoms with Crippen molar-refractivity contribution in [2.45, 2.75) is 52.0 Å². The molecule has 0 radical (unpaired) electrons. The molecule has 2 aromatic rings. The summed E-state index contributed by atoms with van der Waals surface area (Å²) in [5.74, 6) is 1.66. The third kappa shape index (κ3) is 4.42. The van der Waals surface area contributed by atoms with E-state index >= 15 is 0 Å². The van der Waals surface area contributed by atoms with E-state index in [9.17, 15) is 9.59 Å². The molecule has 4 atom stereocenters.